The summed E-state index contributed by atoms with van der Waals surface area (Å²) in [5, 5.41) is 39.9. The summed E-state index contributed by atoms with van der Waals surface area (Å²) in [6.07, 6.45) is -10.5. The number of rotatable bonds is 4. The number of esters is 1. The molecule has 3 aliphatic rings. The van der Waals surface area contributed by atoms with Crippen LogP contribution >= 0.6 is 0 Å². The van der Waals surface area contributed by atoms with Crippen molar-refractivity contribution in [2.24, 2.45) is 0 Å². The van der Waals surface area contributed by atoms with Crippen molar-refractivity contribution in [3.63, 3.8) is 0 Å². The molecule has 0 aromatic rings. The molecule has 0 aliphatic carbocycles. The maximum absolute atomic E-state index is 11.4. The van der Waals surface area contributed by atoms with Crippen molar-refractivity contribution in [2.75, 3.05) is 6.61 Å². The fraction of sp³-hybridized carbons (Fsp3) is 0.933. The molecule has 0 aromatic carbocycles. The molecule has 10 nitrogen and oxygen atoms in total. The lowest BCUT2D eigenvalue weighted by Crippen LogP contribution is -2.64. The van der Waals surface area contributed by atoms with Gasteiger partial charge in [-0.15, -0.1) is 0 Å². The second-order valence-corrected chi connectivity index (χ2v) is 6.52. The summed E-state index contributed by atoms with van der Waals surface area (Å²) >= 11 is 0. The van der Waals surface area contributed by atoms with E-state index in [9.17, 15) is 20.1 Å². The summed E-state index contributed by atoms with van der Waals surface area (Å²) in [6, 6.07) is 0. The Kier molecular flexibility index (Phi) is 5.61. The Balaban J connectivity index is 1.91. The summed E-state index contributed by atoms with van der Waals surface area (Å²) in [7, 11) is 0. The first kappa shape index (κ1) is 18.9. The molecule has 25 heavy (non-hydrogen) atoms. The van der Waals surface area contributed by atoms with Crippen molar-refractivity contribution >= 4 is 5.97 Å². The summed E-state index contributed by atoms with van der Waals surface area (Å²) in [5.74, 6) is -0.620. The van der Waals surface area contributed by atoms with Gasteiger partial charge in [0.2, 0.25) is 0 Å². The highest BCUT2D eigenvalue weighted by molar-refractivity contribution is 5.66. The zero-order chi connectivity index (χ0) is 18.3. The van der Waals surface area contributed by atoms with Crippen molar-refractivity contribution in [3.05, 3.63) is 0 Å². The Morgan fingerprint density at radius 2 is 1.76 bits per heavy atom. The highest BCUT2D eigenvalue weighted by atomic mass is 16.8. The maximum Gasteiger partial charge on any atom is 0.303 e. The lowest BCUT2D eigenvalue weighted by atomic mass is 9.95. The molecule has 0 aromatic heterocycles. The number of ether oxygens (including phenoxy) is 5. The highest BCUT2D eigenvalue weighted by Gasteiger charge is 2.58. The Bertz CT molecular complexity index is 485. The van der Waals surface area contributed by atoms with Crippen LogP contribution in [0.2, 0.25) is 0 Å². The molecule has 4 bridgehead atoms. The third kappa shape index (κ3) is 3.53. The second kappa shape index (κ2) is 7.41. The van der Waals surface area contributed by atoms with E-state index < -0.39 is 67.4 Å². The summed E-state index contributed by atoms with van der Waals surface area (Å²) in [5.41, 5.74) is 0. The third-order valence-corrected chi connectivity index (χ3v) is 4.62. The molecular weight excluding hydrogens is 340 g/mol. The molecule has 0 saturated carbocycles. The first-order valence-electron chi connectivity index (χ1n) is 8.27. The van der Waals surface area contributed by atoms with E-state index in [-0.39, 0.29) is 13.0 Å². The molecule has 0 radical (unpaired) electrons. The largest absolute Gasteiger partial charge is 0.454 e. The summed E-state index contributed by atoms with van der Waals surface area (Å²) in [6.45, 7) is 2.44. The highest BCUT2D eigenvalue weighted by Crippen LogP contribution is 2.38. The van der Waals surface area contributed by atoms with E-state index in [1.165, 1.54) is 13.8 Å². The minimum Gasteiger partial charge on any atom is -0.454 e. The fourth-order valence-corrected chi connectivity index (χ4v) is 3.47. The van der Waals surface area contributed by atoms with Gasteiger partial charge in [0.25, 0.3) is 0 Å². The van der Waals surface area contributed by atoms with Gasteiger partial charge in [0.05, 0.1) is 12.2 Å². The molecule has 0 unspecified atom stereocenters. The number of hydrogen-bond donors (Lipinski definition) is 4. The number of carbonyl (C=O) groups excluding carboxylic acids is 1. The van der Waals surface area contributed by atoms with Gasteiger partial charge in [0.15, 0.2) is 18.7 Å². The molecule has 0 amide bonds. The Labute approximate surface area is 144 Å². The van der Waals surface area contributed by atoms with Gasteiger partial charge in [0, 0.05) is 13.5 Å². The van der Waals surface area contributed by atoms with E-state index in [1.54, 1.807) is 0 Å². The Hall–Kier alpha value is -0.850. The van der Waals surface area contributed by atoms with Crippen LogP contribution in [0.25, 0.3) is 0 Å². The lowest BCUT2D eigenvalue weighted by Gasteiger charge is -2.46. The van der Waals surface area contributed by atoms with Crippen molar-refractivity contribution in [1.82, 2.24) is 0 Å². The number of fused-ring (bicyclic) bond motifs is 4. The molecule has 0 spiro atoms. The average Bonchev–Trinajstić information content (AvgIpc) is 2.85. The van der Waals surface area contributed by atoms with Crippen molar-refractivity contribution in [3.8, 4) is 0 Å². The van der Waals surface area contributed by atoms with Gasteiger partial charge in [-0.25, -0.2) is 0 Å². The quantitative estimate of drug-likeness (QED) is 0.400. The van der Waals surface area contributed by atoms with Crippen molar-refractivity contribution < 1.29 is 48.9 Å². The average molecular weight is 364 g/mol. The minimum atomic E-state index is -1.24. The first-order valence-corrected chi connectivity index (χ1v) is 8.27. The van der Waals surface area contributed by atoms with E-state index in [4.69, 9.17) is 28.8 Å². The van der Waals surface area contributed by atoms with E-state index in [2.05, 4.69) is 0 Å². The summed E-state index contributed by atoms with van der Waals surface area (Å²) in [4.78, 5) is 11.4. The van der Waals surface area contributed by atoms with Gasteiger partial charge in [-0.05, 0) is 13.3 Å². The van der Waals surface area contributed by atoms with Gasteiger partial charge in [-0.1, -0.05) is 0 Å². The SMILES string of the molecule is CC(=O)O[C@@H]1[C@@H]2O[C@@H]3[C@@H](O)[C@@H](O[C@H]3[C@@H](C)O)O[C@H]1[C@H](O)[C@@H](CCO)O2. The van der Waals surface area contributed by atoms with Crippen LogP contribution in [0.4, 0.5) is 0 Å². The van der Waals surface area contributed by atoms with Gasteiger partial charge in [-0.3, -0.25) is 4.79 Å². The van der Waals surface area contributed by atoms with E-state index >= 15 is 0 Å². The molecule has 10 heteroatoms. The lowest BCUT2D eigenvalue weighted by molar-refractivity contribution is -0.347. The van der Waals surface area contributed by atoms with E-state index in [0.29, 0.717) is 0 Å². The Morgan fingerprint density at radius 3 is 2.36 bits per heavy atom. The molecule has 4 N–H and O–H groups in total. The number of hydrogen-bond acceptors (Lipinski definition) is 10. The predicted molar refractivity (Wildman–Crippen MR) is 78.0 cm³/mol. The number of carbonyl (C=O) groups is 1. The van der Waals surface area contributed by atoms with E-state index in [1.807, 2.05) is 0 Å². The molecule has 3 fully saturated rings. The van der Waals surface area contributed by atoms with Crippen LogP contribution in [0.5, 0.6) is 0 Å². The van der Waals surface area contributed by atoms with Gasteiger partial charge in [-0.2, -0.15) is 0 Å². The van der Waals surface area contributed by atoms with Crippen LogP contribution in [-0.2, 0) is 28.5 Å². The zero-order valence-corrected chi connectivity index (χ0v) is 13.9. The van der Waals surface area contributed by atoms with Gasteiger partial charge in [0.1, 0.15) is 30.5 Å². The first-order chi connectivity index (χ1) is 11.8. The van der Waals surface area contributed by atoms with Crippen LogP contribution in [0.3, 0.4) is 0 Å². The molecule has 3 rings (SSSR count). The topological polar surface area (TPSA) is 144 Å². The van der Waals surface area contributed by atoms with Crippen LogP contribution in [-0.4, -0.2) is 94.4 Å². The normalized spacial score (nSPS) is 47.7. The van der Waals surface area contributed by atoms with Crippen LogP contribution in [0.1, 0.15) is 20.3 Å². The maximum atomic E-state index is 11.4. The predicted octanol–water partition coefficient (Wildman–Crippen LogP) is -2.36. The molecular formula is C15H24O10. The van der Waals surface area contributed by atoms with Gasteiger partial charge >= 0.3 is 5.97 Å². The second-order valence-electron chi connectivity index (χ2n) is 6.52. The van der Waals surface area contributed by atoms with Crippen LogP contribution in [0.15, 0.2) is 0 Å². The molecule has 3 heterocycles. The zero-order valence-electron chi connectivity index (χ0n) is 13.9. The third-order valence-electron chi connectivity index (χ3n) is 4.62. The van der Waals surface area contributed by atoms with Crippen molar-refractivity contribution in [1.29, 1.82) is 0 Å². The molecule has 144 valence electrons. The van der Waals surface area contributed by atoms with Crippen molar-refractivity contribution in [2.45, 2.75) is 81.7 Å². The van der Waals surface area contributed by atoms with Crippen LogP contribution < -0.4 is 0 Å². The number of aliphatic hydroxyl groups is 4. The standard InChI is InChI=1S/C15H24O10/c1-5(17)10-12-9(20)14(23-10)24-11-8(19)7(3-4-16)22-15(25-12)13(11)21-6(2)18/h5,7-17,19-20H,3-4H2,1-2H3/t5-,7-,8-,9-,10+,11+,12-,13+,14+,15+/m1/s1. The van der Waals surface area contributed by atoms with Crippen LogP contribution in [0, 0.1) is 0 Å². The molecule has 3 aliphatic heterocycles. The monoisotopic (exact) mass is 364 g/mol. The molecule has 10 atom stereocenters. The molecule has 3 saturated heterocycles. The fourth-order valence-electron chi connectivity index (χ4n) is 3.47. The minimum absolute atomic E-state index is 0.117. The smallest absolute Gasteiger partial charge is 0.303 e. The Morgan fingerprint density at radius 1 is 1.08 bits per heavy atom. The summed E-state index contributed by atoms with van der Waals surface area (Å²) < 4.78 is 27.8. The van der Waals surface area contributed by atoms with E-state index in [0.717, 1.165) is 0 Å². The van der Waals surface area contributed by atoms with Gasteiger partial charge < -0.3 is 44.1 Å². The number of aliphatic hydroxyl groups excluding tert-OH is 4.